The smallest absolute Gasteiger partial charge is 0.115 e. The summed E-state index contributed by atoms with van der Waals surface area (Å²) in [6, 6.07) is 0. The minimum atomic E-state index is 0.285. The highest BCUT2D eigenvalue weighted by atomic mass is 32.1. The van der Waals surface area contributed by atoms with Crippen molar-refractivity contribution in [3.63, 3.8) is 0 Å². The van der Waals surface area contributed by atoms with Gasteiger partial charge in [-0.2, -0.15) is 12.6 Å². The van der Waals surface area contributed by atoms with Gasteiger partial charge >= 0.3 is 0 Å². The molecule has 0 saturated carbocycles. The fraction of sp³-hybridized carbons (Fsp3) is 0.400. The van der Waals surface area contributed by atoms with Crippen molar-refractivity contribution in [2.45, 2.75) is 24.5 Å². The second kappa shape index (κ2) is 3.02. The number of hydrogen-bond acceptors (Lipinski definition) is 2. The predicted octanol–water partition coefficient (Wildman–Crippen LogP) is 2.78. The van der Waals surface area contributed by atoms with E-state index in [9.17, 15) is 5.11 Å². The highest BCUT2D eigenvalue weighted by Crippen LogP contribution is 2.33. The SMILES string of the molecule is OC1=CCC(S)C2=C1CCC=C2. The van der Waals surface area contributed by atoms with E-state index in [4.69, 9.17) is 0 Å². The molecule has 0 bridgehead atoms. The summed E-state index contributed by atoms with van der Waals surface area (Å²) in [7, 11) is 0. The zero-order valence-electron chi connectivity index (χ0n) is 6.83. The molecule has 64 valence electrons. The highest BCUT2D eigenvalue weighted by Gasteiger charge is 2.21. The van der Waals surface area contributed by atoms with Crippen LogP contribution in [0.3, 0.4) is 0 Å². The normalized spacial score (nSPS) is 28.4. The first-order valence-corrected chi connectivity index (χ1v) is 4.78. The molecule has 0 aromatic carbocycles. The maximum absolute atomic E-state index is 9.56. The first-order chi connectivity index (χ1) is 5.79. The molecule has 2 aliphatic carbocycles. The molecular formula is C10H12OS. The van der Waals surface area contributed by atoms with Crippen LogP contribution in [0.4, 0.5) is 0 Å². The molecule has 0 spiro atoms. The van der Waals surface area contributed by atoms with Crippen molar-refractivity contribution in [2.24, 2.45) is 0 Å². The Hall–Kier alpha value is -0.630. The molecule has 0 fully saturated rings. The number of rotatable bonds is 0. The molecule has 2 aliphatic rings. The van der Waals surface area contributed by atoms with Gasteiger partial charge in [0.25, 0.3) is 0 Å². The molecule has 2 heteroatoms. The molecule has 0 aliphatic heterocycles. The van der Waals surface area contributed by atoms with Crippen LogP contribution in [0.5, 0.6) is 0 Å². The Labute approximate surface area is 77.9 Å². The van der Waals surface area contributed by atoms with E-state index in [1.807, 2.05) is 6.08 Å². The second-order valence-electron chi connectivity index (χ2n) is 3.22. The molecule has 0 heterocycles. The molecular weight excluding hydrogens is 168 g/mol. The number of allylic oxidation sites excluding steroid dienone is 4. The van der Waals surface area contributed by atoms with Crippen molar-refractivity contribution < 1.29 is 5.11 Å². The third-order valence-corrected chi connectivity index (χ3v) is 2.90. The maximum atomic E-state index is 9.56. The monoisotopic (exact) mass is 180 g/mol. The van der Waals surface area contributed by atoms with Gasteiger partial charge < -0.3 is 5.11 Å². The fourth-order valence-electron chi connectivity index (χ4n) is 1.74. The van der Waals surface area contributed by atoms with Gasteiger partial charge in [0.1, 0.15) is 5.76 Å². The summed E-state index contributed by atoms with van der Waals surface area (Å²) in [5, 5.41) is 9.84. The largest absolute Gasteiger partial charge is 0.508 e. The van der Waals surface area contributed by atoms with Crippen molar-refractivity contribution >= 4 is 12.6 Å². The molecule has 2 rings (SSSR count). The minimum Gasteiger partial charge on any atom is -0.508 e. The van der Waals surface area contributed by atoms with Gasteiger partial charge in [-0.15, -0.1) is 0 Å². The number of aliphatic hydroxyl groups excluding tert-OH is 1. The topological polar surface area (TPSA) is 20.2 Å². The van der Waals surface area contributed by atoms with Gasteiger partial charge in [0.15, 0.2) is 0 Å². The highest BCUT2D eigenvalue weighted by molar-refractivity contribution is 7.81. The second-order valence-corrected chi connectivity index (χ2v) is 3.84. The standard InChI is InChI=1S/C10H12OS/c11-9-5-6-10(12)8-4-2-1-3-7(8)9/h2,4-5,10-12H,1,3,6H2. The van der Waals surface area contributed by atoms with Crippen molar-refractivity contribution in [2.75, 3.05) is 0 Å². The van der Waals surface area contributed by atoms with Gasteiger partial charge in [0.2, 0.25) is 0 Å². The van der Waals surface area contributed by atoms with Crippen LogP contribution >= 0.6 is 12.6 Å². The Morgan fingerprint density at radius 2 is 2.33 bits per heavy atom. The molecule has 0 saturated heterocycles. The Kier molecular flexibility index (Phi) is 2.01. The molecule has 0 radical (unpaired) electrons. The van der Waals surface area contributed by atoms with Gasteiger partial charge in [-0.1, -0.05) is 12.2 Å². The molecule has 0 aromatic heterocycles. The molecule has 1 unspecified atom stereocenters. The Morgan fingerprint density at radius 1 is 1.50 bits per heavy atom. The lowest BCUT2D eigenvalue weighted by Crippen LogP contribution is -2.12. The van der Waals surface area contributed by atoms with E-state index in [0.29, 0.717) is 5.76 Å². The summed E-state index contributed by atoms with van der Waals surface area (Å²) in [4.78, 5) is 0. The lowest BCUT2D eigenvalue weighted by atomic mass is 9.89. The number of aliphatic hydroxyl groups is 1. The van der Waals surface area contributed by atoms with Crippen LogP contribution in [0, 0.1) is 0 Å². The zero-order chi connectivity index (χ0) is 8.55. The number of thiol groups is 1. The average Bonchev–Trinajstić information content (AvgIpc) is 2.12. The van der Waals surface area contributed by atoms with Crippen molar-refractivity contribution in [1.29, 1.82) is 0 Å². The zero-order valence-corrected chi connectivity index (χ0v) is 7.72. The summed E-state index contributed by atoms with van der Waals surface area (Å²) in [5.41, 5.74) is 2.31. The molecule has 1 nitrogen and oxygen atoms in total. The van der Waals surface area contributed by atoms with Crippen molar-refractivity contribution in [3.8, 4) is 0 Å². The molecule has 1 atom stereocenters. The van der Waals surface area contributed by atoms with Crippen LogP contribution in [0.25, 0.3) is 0 Å². The van der Waals surface area contributed by atoms with Crippen molar-refractivity contribution in [1.82, 2.24) is 0 Å². The fourth-order valence-corrected chi connectivity index (χ4v) is 2.09. The van der Waals surface area contributed by atoms with Crippen LogP contribution < -0.4 is 0 Å². The minimum absolute atomic E-state index is 0.285. The molecule has 0 amide bonds. The summed E-state index contributed by atoms with van der Waals surface area (Å²) < 4.78 is 0. The predicted molar refractivity (Wildman–Crippen MR) is 53.5 cm³/mol. The van der Waals surface area contributed by atoms with E-state index in [-0.39, 0.29) is 5.25 Å². The van der Waals surface area contributed by atoms with Gasteiger partial charge in [0, 0.05) is 5.25 Å². The summed E-state index contributed by atoms with van der Waals surface area (Å²) in [5.74, 6) is 0.472. The van der Waals surface area contributed by atoms with Gasteiger partial charge in [-0.25, -0.2) is 0 Å². The van der Waals surface area contributed by atoms with Crippen LogP contribution in [-0.4, -0.2) is 10.4 Å². The Bertz CT molecular complexity index is 286. The van der Waals surface area contributed by atoms with Gasteiger partial charge in [0.05, 0.1) is 0 Å². The third-order valence-electron chi connectivity index (χ3n) is 2.41. The van der Waals surface area contributed by atoms with E-state index in [1.165, 1.54) is 5.57 Å². The van der Waals surface area contributed by atoms with E-state index < -0.39 is 0 Å². The first kappa shape index (κ1) is 7.99. The Morgan fingerprint density at radius 3 is 3.08 bits per heavy atom. The first-order valence-electron chi connectivity index (χ1n) is 4.26. The van der Waals surface area contributed by atoms with Crippen LogP contribution in [0.15, 0.2) is 35.1 Å². The molecule has 1 N–H and O–H groups in total. The van der Waals surface area contributed by atoms with E-state index >= 15 is 0 Å². The van der Waals surface area contributed by atoms with Crippen LogP contribution in [-0.2, 0) is 0 Å². The third kappa shape index (κ3) is 1.20. The quantitative estimate of drug-likeness (QED) is 0.549. The molecule has 12 heavy (non-hydrogen) atoms. The van der Waals surface area contributed by atoms with Gasteiger partial charge in [-0.05, 0) is 36.5 Å². The summed E-state index contributed by atoms with van der Waals surface area (Å²) in [6.45, 7) is 0. The van der Waals surface area contributed by atoms with E-state index in [0.717, 1.165) is 24.8 Å². The summed E-state index contributed by atoms with van der Waals surface area (Å²) in [6.07, 6.45) is 8.97. The molecule has 0 aromatic rings. The lowest BCUT2D eigenvalue weighted by Gasteiger charge is -2.23. The van der Waals surface area contributed by atoms with E-state index in [1.54, 1.807) is 0 Å². The van der Waals surface area contributed by atoms with Crippen LogP contribution in [0.1, 0.15) is 19.3 Å². The Balaban J connectivity index is 2.41. The van der Waals surface area contributed by atoms with Gasteiger partial charge in [-0.3, -0.25) is 0 Å². The lowest BCUT2D eigenvalue weighted by molar-refractivity contribution is 0.411. The maximum Gasteiger partial charge on any atom is 0.115 e. The average molecular weight is 180 g/mol. The summed E-state index contributed by atoms with van der Waals surface area (Å²) >= 11 is 4.46. The van der Waals surface area contributed by atoms with E-state index in [2.05, 4.69) is 24.8 Å². The van der Waals surface area contributed by atoms with Crippen LogP contribution in [0.2, 0.25) is 0 Å². The number of hydrogen-bond donors (Lipinski definition) is 2. The van der Waals surface area contributed by atoms with Crippen molar-refractivity contribution in [3.05, 3.63) is 35.1 Å².